The summed E-state index contributed by atoms with van der Waals surface area (Å²) in [6.45, 7) is 1.81. The Labute approximate surface area is 85.2 Å². The van der Waals surface area contributed by atoms with Crippen LogP contribution in [-0.4, -0.2) is 26.8 Å². The highest BCUT2D eigenvalue weighted by molar-refractivity contribution is 7.15. The summed E-state index contributed by atoms with van der Waals surface area (Å²) in [6, 6.07) is 0. The molecule has 0 unspecified atom stereocenters. The Hall–Kier alpha value is -1.01. The summed E-state index contributed by atoms with van der Waals surface area (Å²) < 4.78 is 0. The molecule has 1 amide bonds. The van der Waals surface area contributed by atoms with Gasteiger partial charge in [0.2, 0.25) is 5.13 Å². The van der Waals surface area contributed by atoms with Crippen LogP contribution in [0.2, 0.25) is 0 Å². The van der Waals surface area contributed by atoms with E-state index in [4.69, 9.17) is 0 Å². The van der Waals surface area contributed by atoms with Gasteiger partial charge in [0.25, 0.3) is 5.91 Å². The second-order valence-electron chi connectivity index (χ2n) is 3.47. The molecule has 1 aliphatic rings. The van der Waals surface area contributed by atoms with E-state index in [1.54, 1.807) is 0 Å². The van der Waals surface area contributed by atoms with Crippen LogP contribution in [0.5, 0.6) is 0 Å². The Balaban J connectivity index is 2.01. The zero-order valence-corrected chi connectivity index (χ0v) is 8.60. The fourth-order valence-electron chi connectivity index (χ4n) is 1.30. The van der Waals surface area contributed by atoms with E-state index >= 15 is 0 Å². The molecule has 1 aromatic rings. The van der Waals surface area contributed by atoms with Crippen molar-refractivity contribution in [3.8, 4) is 0 Å². The molecule has 6 heteroatoms. The molecule has 1 aliphatic carbocycles. The fraction of sp³-hybridized carbons (Fsp3) is 0.625. The highest BCUT2D eigenvalue weighted by Gasteiger charge is 2.42. The smallest absolute Gasteiger partial charge is 0.258 e. The van der Waals surface area contributed by atoms with Gasteiger partial charge in [0, 0.05) is 0 Å². The van der Waals surface area contributed by atoms with Gasteiger partial charge < -0.3 is 5.11 Å². The Morgan fingerprint density at radius 3 is 2.71 bits per heavy atom. The van der Waals surface area contributed by atoms with Crippen LogP contribution in [0.4, 0.5) is 5.13 Å². The molecule has 2 N–H and O–H groups in total. The molecule has 1 saturated carbocycles. The predicted octanol–water partition coefficient (Wildman–Crippen LogP) is 0.700. The van der Waals surface area contributed by atoms with Crippen LogP contribution in [-0.2, 0) is 4.79 Å². The zero-order chi connectivity index (χ0) is 10.2. The molecule has 1 aromatic heterocycles. The molecule has 2 rings (SSSR count). The van der Waals surface area contributed by atoms with Crippen LogP contribution in [0.3, 0.4) is 0 Å². The van der Waals surface area contributed by atoms with Crippen molar-refractivity contribution >= 4 is 22.4 Å². The second-order valence-corrected chi connectivity index (χ2v) is 4.65. The second kappa shape index (κ2) is 3.29. The number of hydrogen-bond acceptors (Lipinski definition) is 5. The standard InChI is InChI=1S/C8H11N3O2S/c1-5-10-11-7(14-5)9-6(12)8(13)3-2-4-8/h13H,2-4H2,1H3,(H,9,11,12). The SMILES string of the molecule is Cc1nnc(NC(=O)C2(O)CCC2)s1. The van der Waals surface area contributed by atoms with E-state index in [0.29, 0.717) is 18.0 Å². The van der Waals surface area contributed by atoms with E-state index < -0.39 is 5.60 Å². The van der Waals surface area contributed by atoms with Gasteiger partial charge in [-0.15, -0.1) is 10.2 Å². The minimum atomic E-state index is -1.17. The number of carbonyl (C=O) groups is 1. The molecular weight excluding hydrogens is 202 g/mol. The van der Waals surface area contributed by atoms with Crippen molar-refractivity contribution in [3.05, 3.63) is 5.01 Å². The van der Waals surface area contributed by atoms with Gasteiger partial charge in [-0.3, -0.25) is 10.1 Å². The third-order valence-corrected chi connectivity index (χ3v) is 3.10. The first-order valence-corrected chi connectivity index (χ1v) is 5.26. The minimum Gasteiger partial charge on any atom is -0.380 e. The van der Waals surface area contributed by atoms with Gasteiger partial charge in [0.1, 0.15) is 10.6 Å². The van der Waals surface area contributed by atoms with Gasteiger partial charge in [-0.25, -0.2) is 0 Å². The average molecular weight is 213 g/mol. The van der Waals surface area contributed by atoms with E-state index in [2.05, 4.69) is 15.5 Å². The van der Waals surface area contributed by atoms with Crippen molar-refractivity contribution in [2.45, 2.75) is 31.8 Å². The van der Waals surface area contributed by atoms with Crippen LogP contribution >= 0.6 is 11.3 Å². The lowest BCUT2D eigenvalue weighted by Crippen LogP contribution is -2.48. The Morgan fingerprint density at radius 2 is 2.29 bits per heavy atom. The van der Waals surface area contributed by atoms with Crippen LogP contribution in [0.1, 0.15) is 24.3 Å². The van der Waals surface area contributed by atoms with Gasteiger partial charge in [-0.1, -0.05) is 11.3 Å². The Morgan fingerprint density at radius 1 is 1.57 bits per heavy atom. The lowest BCUT2D eigenvalue weighted by molar-refractivity contribution is -0.142. The quantitative estimate of drug-likeness (QED) is 0.758. The summed E-state index contributed by atoms with van der Waals surface area (Å²) in [4.78, 5) is 11.5. The number of anilines is 1. The van der Waals surface area contributed by atoms with E-state index in [-0.39, 0.29) is 5.91 Å². The van der Waals surface area contributed by atoms with E-state index in [1.807, 2.05) is 6.92 Å². The van der Waals surface area contributed by atoms with E-state index in [9.17, 15) is 9.90 Å². The van der Waals surface area contributed by atoms with Crippen LogP contribution in [0, 0.1) is 6.92 Å². The summed E-state index contributed by atoms with van der Waals surface area (Å²) in [5, 5.41) is 21.0. The zero-order valence-electron chi connectivity index (χ0n) is 7.78. The molecule has 76 valence electrons. The monoisotopic (exact) mass is 213 g/mol. The molecular formula is C8H11N3O2S. The number of aliphatic hydroxyl groups is 1. The van der Waals surface area contributed by atoms with Crippen molar-refractivity contribution in [1.82, 2.24) is 10.2 Å². The van der Waals surface area contributed by atoms with Gasteiger partial charge >= 0.3 is 0 Å². The van der Waals surface area contributed by atoms with Gasteiger partial charge in [-0.2, -0.15) is 0 Å². The molecule has 0 spiro atoms. The number of nitrogens with one attached hydrogen (secondary N) is 1. The lowest BCUT2D eigenvalue weighted by atomic mass is 9.80. The first-order valence-electron chi connectivity index (χ1n) is 4.44. The summed E-state index contributed by atoms with van der Waals surface area (Å²) in [7, 11) is 0. The number of aryl methyl sites for hydroxylation is 1. The molecule has 0 aromatic carbocycles. The van der Waals surface area contributed by atoms with Gasteiger partial charge in [0.05, 0.1) is 0 Å². The minimum absolute atomic E-state index is 0.361. The number of rotatable bonds is 2. The number of nitrogens with zero attached hydrogens (tertiary/aromatic N) is 2. The Bertz CT molecular complexity index is 359. The van der Waals surface area contributed by atoms with Crippen molar-refractivity contribution in [3.63, 3.8) is 0 Å². The maximum atomic E-state index is 11.5. The first-order chi connectivity index (χ1) is 6.60. The highest BCUT2D eigenvalue weighted by atomic mass is 32.1. The van der Waals surface area contributed by atoms with E-state index in [1.165, 1.54) is 11.3 Å². The molecule has 5 nitrogen and oxygen atoms in total. The van der Waals surface area contributed by atoms with Crippen molar-refractivity contribution in [2.75, 3.05) is 5.32 Å². The molecule has 0 saturated heterocycles. The largest absolute Gasteiger partial charge is 0.380 e. The maximum Gasteiger partial charge on any atom is 0.258 e. The summed E-state index contributed by atoms with van der Waals surface area (Å²) in [6.07, 6.45) is 1.98. The highest BCUT2D eigenvalue weighted by Crippen LogP contribution is 2.32. The van der Waals surface area contributed by atoms with Crippen molar-refractivity contribution in [2.24, 2.45) is 0 Å². The molecule has 0 aliphatic heterocycles. The third-order valence-electron chi connectivity index (χ3n) is 2.35. The summed E-state index contributed by atoms with van der Waals surface area (Å²) in [5.74, 6) is -0.361. The predicted molar refractivity (Wildman–Crippen MR) is 52.1 cm³/mol. The molecule has 0 atom stereocenters. The number of carbonyl (C=O) groups excluding carboxylic acids is 1. The topological polar surface area (TPSA) is 75.1 Å². The lowest BCUT2D eigenvalue weighted by Gasteiger charge is -2.34. The maximum absolute atomic E-state index is 11.5. The summed E-state index contributed by atoms with van der Waals surface area (Å²) in [5.41, 5.74) is -1.17. The van der Waals surface area contributed by atoms with Gasteiger partial charge in [-0.05, 0) is 26.2 Å². The van der Waals surface area contributed by atoms with Crippen LogP contribution < -0.4 is 5.32 Å². The number of aromatic nitrogens is 2. The average Bonchev–Trinajstić information content (AvgIpc) is 2.47. The van der Waals surface area contributed by atoms with Crippen molar-refractivity contribution < 1.29 is 9.90 Å². The first kappa shape index (κ1) is 9.54. The molecule has 0 radical (unpaired) electrons. The third kappa shape index (κ3) is 1.62. The molecule has 1 fully saturated rings. The normalized spacial score (nSPS) is 18.7. The van der Waals surface area contributed by atoms with Gasteiger partial charge in [0.15, 0.2) is 0 Å². The molecule has 0 bridgehead atoms. The van der Waals surface area contributed by atoms with Crippen LogP contribution in [0.15, 0.2) is 0 Å². The number of hydrogen-bond donors (Lipinski definition) is 2. The fourth-order valence-corrected chi connectivity index (χ4v) is 1.89. The van der Waals surface area contributed by atoms with E-state index in [0.717, 1.165) is 11.4 Å². The van der Waals surface area contributed by atoms with Crippen LogP contribution in [0.25, 0.3) is 0 Å². The molecule has 1 heterocycles. The Kier molecular flexibility index (Phi) is 2.24. The number of amides is 1. The molecule has 14 heavy (non-hydrogen) atoms. The van der Waals surface area contributed by atoms with Crippen molar-refractivity contribution in [1.29, 1.82) is 0 Å². The summed E-state index contributed by atoms with van der Waals surface area (Å²) >= 11 is 1.30.